The van der Waals surface area contributed by atoms with Crippen molar-refractivity contribution in [3.63, 3.8) is 0 Å². The van der Waals surface area contributed by atoms with E-state index in [0.717, 1.165) is 12.8 Å². The number of ether oxygens (including phenoxy) is 1. The van der Waals surface area contributed by atoms with Crippen molar-refractivity contribution in [2.24, 2.45) is 5.73 Å². The lowest BCUT2D eigenvalue weighted by Crippen LogP contribution is -2.50. The maximum absolute atomic E-state index is 13.0. The van der Waals surface area contributed by atoms with E-state index in [9.17, 15) is 23.4 Å². The number of nitrogens with two attached hydrogens (primary N) is 1. The summed E-state index contributed by atoms with van der Waals surface area (Å²) in [5.41, 5.74) is 6.47. The summed E-state index contributed by atoms with van der Waals surface area (Å²) in [5, 5.41) is 2.62. The molecule has 2 amide bonds. The Morgan fingerprint density at radius 1 is 1.36 bits per heavy atom. The number of rotatable bonds is 12. The molecular weight excluding hydrogens is 448 g/mol. The third kappa shape index (κ3) is 8.67. The van der Waals surface area contributed by atoms with Crippen LogP contribution in [0.3, 0.4) is 0 Å². The highest BCUT2D eigenvalue weighted by Gasteiger charge is 2.29. The van der Waals surface area contributed by atoms with Crippen molar-refractivity contribution in [3.05, 3.63) is 35.4 Å². The molecule has 0 saturated carbocycles. The summed E-state index contributed by atoms with van der Waals surface area (Å²) in [7, 11) is -0.281. The normalized spacial score (nSPS) is 18.2. The lowest BCUT2D eigenvalue weighted by molar-refractivity contribution is -0.137. The number of carbonyl (C=O) groups is 4. The second-order valence-corrected chi connectivity index (χ2v) is 9.06. The van der Waals surface area contributed by atoms with Gasteiger partial charge in [0.1, 0.15) is 6.29 Å². The zero-order valence-corrected chi connectivity index (χ0v) is 19.6. The monoisotopic (exact) mass is 480 g/mol. The molecule has 0 aromatic heterocycles. The van der Waals surface area contributed by atoms with Crippen LogP contribution in [0.15, 0.2) is 24.3 Å². The summed E-state index contributed by atoms with van der Waals surface area (Å²) in [6.07, 6.45) is 3.67. The summed E-state index contributed by atoms with van der Waals surface area (Å²) in [6, 6.07) is 5.30. The summed E-state index contributed by atoms with van der Waals surface area (Å²) in [4.78, 5) is 49.6. The lowest BCUT2D eigenvalue weighted by atomic mass is 10.1. The quantitative estimate of drug-likeness (QED) is 0.282. The molecule has 3 atom stereocenters. The first-order valence-corrected chi connectivity index (χ1v) is 12.2. The van der Waals surface area contributed by atoms with Gasteiger partial charge in [-0.25, -0.2) is 13.7 Å². The molecule has 0 radical (unpaired) electrons. The smallest absolute Gasteiger partial charge is 0.337 e. The van der Waals surface area contributed by atoms with Crippen LogP contribution < -0.4 is 15.8 Å². The lowest BCUT2D eigenvalue weighted by Gasteiger charge is -2.25. The van der Waals surface area contributed by atoms with Crippen molar-refractivity contribution >= 4 is 35.1 Å². The number of hydrogen-bond donors (Lipinski definition) is 3. The summed E-state index contributed by atoms with van der Waals surface area (Å²) in [6.45, 7) is 0.660. The molecule has 0 spiro atoms. The van der Waals surface area contributed by atoms with Gasteiger partial charge in [0.15, 0.2) is 0 Å². The van der Waals surface area contributed by atoms with Gasteiger partial charge in [-0.2, -0.15) is 0 Å². The Morgan fingerprint density at radius 3 is 2.85 bits per heavy atom. The van der Waals surface area contributed by atoms with Gasteiger partial charge in [0.2, 0.25) is 11.8 Å². The Labute approximate surface area is 196 Å². The maximum atomic E-state index is 13.0. The Hall–Kier alpha value is -2.63. The van der Waals surface area contributed by atoms with Crippen LogP contribution in [0.1, 0.15) is 48.0 Å². The highest BCUT2D eigenvalue weighted by Crippen LogP contribution is 2.14. The molecule has 0 bridgehead atoms. The Kier molecular flexibility index (Phi) is 11.1. The standard InChI is InChI=1S/C22H32N4O6S/c1-32-22(30)17-7-4-6-16(12-17)15-33(31)25-19-9-2-3-11-26(21(19)29)13-20(28)24-18(14-27)8-5-10-23/h4,6-7,12,14,18-19,25H,2-3,5,8-11,13,15,23H2,1H3,(H,24,28)/t18?,19-,33?/m0/s1. The topological polar surface area (TPSA) is 148 Å². The van der Waals surface area contributed by atoms with Gasteiger partial charge >= 0.3 is 5.97 Å². The van der Waals surface area contributed by atoms with Gasteiger partial charge in [0.05, 0.1) is 48.0 Å². The van der Waals surface area contributed by atoms with E-state index in [2.05, 4.69) is 10.0 Å². The number of benzene rings is 1. The van der Waals surface area contributed by atoms with Crippen LogP contribution in [-0.2, 0) is 35.9 Å². The van der Waals surface area contributed by atoms with Gasteiger partial charge in [0, 0.05) is 6.54 Å². The number of esters is 1. The average molecular weight is 481 g/mol. The van der Waals surface area contributed by atoms with Crippen molar-refractivity contribution < 1.29 is 28.1 Å². The Bertz CT molecular complexity index is 865. The van der Waals surface area contributed by atoms with Gasteiger partial charge in [0.25, 0.3) is 0 Å². The number of nitrogens with zero attached hydrogens (tertiary/aromatic N) is 1. The van der Waals surface area contributed by atoms with E-state index in [1.165, 1.54) is 12.0 Å². The predicted molar refractivity (Wildman–Crippen MR) is 123 cm³/mol. The molecule has 10 nitrogen and oxygen atoms in total. The van der Waals surface area contributed by atoms with Crippen molar-refractivity contribution in [2.45, 2.75) is 49.9 Å². The number of methoxy groups -OCH3 is 1. The molecule has 2 unspecified atom stereocenters. The fourth-order valence-electron chi connectivity index (χ4n) is 3.57. The minimum atomic E-state index is -1.57. The molecule has 1 heterocycles. The molecule has 182 valence electrons. The van der Waals surface area contributed by atoms with E-state index in [1.54, 1.807) is 24.3 Å². The van der Waals surface area contributed by atoms with Gasteiger partial charge < -0.3 is 25.5 Å². The van der Waals surface area contributed by atoms with Crippen LogP contribution in [-0.4, -0.2) is 72.0 Å². The van der Waals surface area contributed by atoms with Crippen molar-refractivity contribution in [1.82, 2.24) is 14.9 Å². The number of nitrogens with one attached hydrogen (secondary N) is 2. The third-order valence-corrected chi connectivity index (χ3v) is 6.41. The van der Waals surface area contributed by atoms with E-state index in [1.807, 2.05) is 0 Å². The predicted octanol–water partition coefficient (Wildman–Crippen LogP) is 0.0302. The molecular formula is C22H32N4O6S. The van der Waals surface area contributed by atoms with E-state index in [0.29, 0.717) is 49.8 Å². The molecule has 0 aliphatic carbocycles. The van der Waals surface area contributed by atoms with E-state index < -0.39 is 34.9 Å². The Balaban J connectivity index is 1.95. The molecule has 1 aromatic rings. The Morgan fingerprint density at radius 2 is 2.15 bits per heavy atom. The van der Waals surface area contributed by atoms with E-state index >= 15 is 0 Å². The molecule has 4 N–H and O–H groups in total. The summed E-state index contributed by atoms with van der Waals surface area (Å²) < 4.78 is 20.3. The second kappa shape index (κ2) is 13.8. The number of aldehydes is 1. The second-order valence-electron chi connectivity index (χ2n) is 7.85. The number of carbonyl (C=O) groups excluding carboxylic acids is 4. The fourth-order valence-corrected chi connectivity index (χ4v) is 4.67. The minimum absolute atomic E-state index is 0.108. The van der Waals surface area contributed by atoms with Gasteiger partial charge in [-0.05, 0) is 56.3 Å². The molecule has 33 heavy (non-hydrogen) atoms. The van der Waals surface area contributed by atoms with Crippen LogP contribution in [0.4, 0.5) is 0 Å². The average Bonchev–Trinajstić information content (AvgIpc) is 2.97. The van der Waals surface area contributed by atoms with E-state index in [4.69, 9.17) is 10.5 Å². The van der Waals surface area contributed by atoms with Crippen molar-refractivity contribution in [3.8, 4) is 0 Å². The molecule has 1 fully saturated rings. The van der Waals surface area contributed by atoms with Crippen molar-refractivity contribution in [2.75, 3.05) is 26.7 Å². The van der Waals surface area contributed by atoms with Crippen LogP contribution >= 0.6 is 0 Å². The first kappa shape index (κ1) is 26.6. The van der Waals surface area contributed by atoms with Crippen molar-refractivity contribution in [1.29, 1.82) is 0 Å². The molecule has 1 aromatic carbocycles. The fraction of sp³-hybridized carbons (Fsp3) is 0.545. The van der Waals surface area contributed by atoms with Crippen LogP contribution in [0.2, 0.25) is 0 Å². The van der Waals surface area contributed by atoms with Gasteiger partial charge in [-0.15, -0.1) is 0 Å². The zero-order valence-electron chi connectivity index (χ0n) is 18.8. The largest absolute Gasteiger partial charge is 0.465 e. The van der Waals surface area contributed by atoms with Crippen LogP contribution in [0.25, 0.3) is 0 Å². The molecule has 1 aliphatic rings. The third-order valence-electron chi connectivity index (χ3n) is 5.26. The number of hydrogen-bond acceptors (Lipinski definition) is 7. The molecule has 1 aliphatic heterocycles. The van der Waals surface area contributed by atoms with Gasteiger partial charge in [-0.1, -0.05) is 12.1 Å². The molecule has 2 rings (SSSR count). The highest BCUT2D eigenvalue weighted by molar-refractivity contribution is 7.82. The number of amides is 2. The molecule has 11 heteroatoms. The summed E-state index contributed by atoms with van der Waals surface area (Å²) >= 11 is 0. The summed E-state index contributed by atoms with van der Waals surface area (Å²) in [5.74, 6) is -1.09. The molecule has 1 saturated heterocycles. The first-order chi connectivity index (χ1) is 15.9. The SMILES string of the molecule is COC(=O)c1cccc(CS(=O)N[C@H]2CCCCN(CC(=O)NC(C=O)CCCN)C2=O)c1. The maximum Gasteiger partial charge on any atom is 0.337 e. The first-order valence-electron chi connectivity index (χ1n) is 10.9. The zero-order chi connectivity index (χ0) is 24.2. The van der Waals surface area contributed by atoms with Crippen LogP contribution in [0, 0.1) is 0 Å². The van der Waals surface area contributed by atoms with Gasteiger partial charge in [-0.3, -0.25) is 9.59 Å². The van der Waals surface area contributed by atoms with Crippen LogP contribution in [0.5, 0.6) is 0 Å². The minimum Gasteiger partial charge on any atom is -0.465 e. The number of likely N-dealkylation sites (tertiary alicyclic amines) is 1. The highest BCUT2D eigenvalue weighted by atomic mass is 32.2. The van der Waals surface area contributed by atoms with E-state index in [-0.39, 0.29) is 18.2 Å².